The van der Waals surface area contributed by atoms with Crippen LogP contribution in [0.15, 0.2) is 18.2 Å². The van der Waals surface area contributed by atoms with Crippen LogP contribution in [-0.4, -0.2) is 24.5 Å². The monoisotopic (exact) mass is 300 g/mol. The van der Waals surface area contributed by atoms with Crippen LogP contribution in [0.5, 0.6) is 0 Å². The lowest BCUT2D eigenvalue weighted by Crippen LogP contribution is -2.39. The molecular formula is C19H28N2O. The Morgan fingerprint density at radius 2 is 1.82 bits per heavy atom. The molecule has 2 fully saturated rings. The first kappa shape index (κ1) is 15.5. The van der Waals surface area contributed by atoms with Crippen LogP contribution in [0, 0.1) is 19.8 Å². The van der Waals surface area contributed by atoms with Crippen LogP contribution in [0.4, 0.5) is 0 Å². The van der Waals surface area contributed by atoms with E-state index in [1.165, 1.54) is 42.4 Å². The number of amides is 1. The average Bonchev–Trinajstić information content (AvgIpc) is 2.81. The van der Waals surface area contributed by atoms with E-state index in [1.807, 2.05) is 0 Å². The summed E-state index contributed by atoms with van der Waals surface area (Å²) in [5.74, 6) is 0.816. The molecule has 2 unspecified atom stereocenters. The molecule has 2 saturated heterocycles. The number of carbonyl (C=O) groups excluding carboxylic acids is 1. The summed E-state index contributed by atoms with van der Waals surface area (Å²) in [6.07, 6.45) is 6.61. The van der Waals surface area contributed by atoms with Gasteiger partial charge in [0.1, 0.15) is 0 Å². The highest BCUT2D eigenvalue weighted by atomic mass is 16.1. The summed E-state index contributed by atoms with van der Waals surface area (Å²) in [4.78, 5) is 12.2. The molecule has 1 aromatic rings. The fourth-order valence-corrected chi connectivity index (χ4v) is 4.25. The first-order valence-electron chi connectivity index (χ1n) is 8.69. The number of aryl methyl sites for hydroxylation is 2. The van der Waals surface area contributed by atoms with Gasteiger partial charge in [-0.3, -0.25) is 4.79 Å². The Kier molecular flexibility index (Phi) is 4.82. The third-order valence-electron chi connectivity index (χ3n) is 5.39. The SMILES string of the molecule is Cc1cccc(C)c1CCNC(=O)CC1CC2CCC(C1)N2. The highest BCUT2D eigenvalue weighted by molar-refractivity contribution is 5.76. The summed E-state index contributed by atoms with van der Waals surface area (Å²) in [5.41, 5.74) is 4.02. The fourth-order valence-electron chi connectivity index (χ4n) is 4.25. The van der Waals surface area contributed by atoms with E-state index >= 15 is 0 Å². The molecule has 2 aliphatic rings. The van der Waals surface area contributed by atoms with Gasteiger partial charge in [0, 0.05) is 25.0 Å². The van der Waals surface area contributed by atoms with E-state index in [2.05, 4.69) is 42.7 Å². The summed E-state index contributed by atoms with van der Waals surface area (Å²) in [7, 11) is 0. The molecule has 1 amide bonds. The molecule has 0 spiro atoms. The molecular weight excluding hydrogens is 272 g/mol. The smallest absolute Gasteiger partial charge is 0.220 e. The van der Waals surface area contributed by atoms with Crippen molar-refractivity contribution in [2.45, 2.75) is 64.5 Å². The van der Waals surface area contributed by atoms with Gasteiger partial charge in [-0.2, -0.15) is 0 Å². The molecule has 2 heterocycles. The largest absolute Gasteiger partial charge is 0.356 e. The highest BCUT2D eigenvalue weighted by Crippen LogP contribution is 2.32. The van der Waals surface area contributed by atoms with Gasteiger partial charge in [-0.05, 0) is 68.6 Å². The van der Waals surface area contributed by atoms with Crippen molar-refractivity contribution in [2.75, 3.05) is 6.54 Å². The van der Waals surface area contributed by atoms with Crippen molar-refractivity contribution in [3.05, 3.63) is 34.9 Å². The van der Waals surface area contributed by atoms with E-state index in [0.29, 0.717) is 24.4 Å². The van der Waals surface area contributed by atoms with E-state index in [0.717, 1.165) is 13.0 Å². The molecule has 0 aliphatic carbocycles. The predicted molar refractivity (Wildman–Crippen MR) is 89.9 cm³/mol. The minimum Gasteiger partial charge on any atom is -0.356 e. The Bertz CT molecular complexity index is 508. The molecule has 3 nitrogen and oxygen atoms in total. The van der Waals surface area contributed by atoms with Gasteiger partial charge in [-0.25, -0.2) is 0 Å². The first-order chi connectivity index (χ1) is 10.6. The molecule has 120 valence electrons. The lowest BCUT2D eigenvalue weighted by molar-refractivity contribution is -0.122. The van der Waals surface area contributed by atoms with Crippen molar-refractivity contribution in [3.63, 3.8) is 0 Å². The third kappa shape index (κ3) is 3.70. The number of rotatable bonds is 5. The molecule has 2 atom stereocenters. The summed E-state index contributed by atoms with van der Waals surface area (Å²) in [6.45, 7) is 5.05. The Labute approximate surface area is 133 Å². The van der Waals surface area contributed by atoms with Crippen molar-refractivity contribution in [2.24, 2.45) is 5.92 Å². The minimum absolute atomic E-state index is 0.234. The number of benzene rings is 1. The van der Waals surface area contributed by atoms with Crippen molar-refractivity contribution >= 4 is 5.91 Å². The number of fused-ring (bicyclic) bond motifs is 2. The summed E-state index contributed by atoms with van der Waals surface area (Å²) in [5, 5.41) is 6.76. The van der Waals surface area contributed by atoms with Crippen molar-refractivity contribution in [1.29, 1.82) is 0 Å². The van der Waals surface area contributed by atoms with Crippen LogP contribution < -0.4 is 10.6 Å². The van der Waals surface area contributed by atoms with Gasteiger partial charge in [0.25, 0.3) is 0 Å². The molecule has 0 radical (unpaired) electrons. The number of piperidine rings is 1. The standard InChI is InChI=1S/C19H28N2O/c1-13-4-3-5-14(2)18(13)8-9-20-19(22)12-15-10-16-6-7-17(11-15)21-16/h3-5,15-17,21H,6-12H2,1-2H3,(H,20,22). The minimum atomic E-state index is 0.234. The Morgan fingerprint density at radius 3 is 2.45 bits per heavy atom. The molecule has 2 aliphatic heterocycles. The van der Waals surface area contributed by atoms with E-state index in [4.69, 9.17) is 0 Å². The van der Waals surface area contributed by atoms with Gasteiger partial charge in [0.05, 0.1) is 0 Å². The number of hydrogen-bond donors (Lipinski definition) is 2. The van der Waals surface area contributed by atoms with Crippen LogP contribution in [0.3, 0.4) is 0 Å². The zero-order chi connectivity index (χ0) is 15.5. The van der Waals surface area contributed by atoms with E-state index in [1.54, 1.807) is 0 Å². The maximum absolute atomic E-state index is 12.2. The Hall–Kier alpha value is -1.35. The number of carbonyl (C=O) groups is 1. The molecule has 2 bridgehead atoms. The van der Waals surface area contributed by atoms with Gasteiger partial charge in [-0.15, -0.1) is 0 Å². The van der Waals surface area contributed by atoms with E-state index in [9.17, 15) is 4.79 Å². The summed E-state index contributed by atoms with van der Waals surface area (Å²) in [6, 6.07) is 7.74. The molecule has 0 saturated carbocycles. The second kappa shape index (κ2) is 6.82. The molecule has 3 heteroatoms. The van der Waals surface area contributed by atoms with Crippen molar-refractivity contribution < 1.29 is 4.79 Å². The second-order valence-corrected chi connectivity index (χ2v) is 7.15. The van der Waals surface area contributed by atoms with Crippen molar-refractivity contribution in [1.82, 2.24) is 10.6 Å². The number of hydrogen-bond acceptors (Lipinski definition) is 2. The zero-order valence-corrected chi connectivity index (χ0v) is 13.8. The molecule has 3 rings (SSSR count). The van der Waals surface area contributed by atoms with Crippen molar-refractivity contribution in [3.8, 4) is 0 Å². The quantitative estimate of drug-likeness (QED) is 0.878. The van der Waals surface area contributed by atoms with E-state index in [-0.39, 0.29) is 5.91 Å². The van der Waals surface area contributed by atoms with Crippen LogP contribution >= 0.6 is 0 Å². The van der Waals surface area contributed by atoms with Crippen LogP contribution in [0.2, 0.25) is 0 Å². The normalized spacial score (nSPS) is 26.9. The second-order valence-electron chi connectivity index (χ2n) is 7.15. The van der Waals surface area contributed by atoms with Crippen LogP contribution in [-0.2, 0) is 11.2 Å². The molecule has 1 aromatic carbocycles. The molecule has 0 aromatic heterocycles. The maximum Gasteiger partial charge on any atom is 0.220 e. The molecule has 2 N–H and O–H groups in total. The van der Waals surface area contributed by atoms with Gasteiger partial charge < -0.3 is 10.6 Å². The van der Waals surface area contributed by atoms with Gasteiger partial charge >= 0.3 is 0 Å². The Morgan fingerprint density at radius 1 is 1.18 bits per heavy atom. The fraction of sp³-hybridized carbons (Fsp3) is 0.632. The topological polar surface area (TPSA) is 41.1 Å². The zero-order valence-electron chi connectivity index (χ0n) is 13.8. The third-order valence-corrected chi connectivity index (χ3v) is 5.39. The summed E-state index contributed by atoms with van der Waals surface area (Å²) >= 11 is 0. The van der Waals surface area contributed by atoms with Crippen LogP contribution in [0.25, 0.3) is 0 Å². The maximum atomic E-state index is 12.2. The first-order valence-corrected chi connectivity index (χ1v) is 8.69. The van der Waals surface area contributed by atoms with Crippen LogP contribution in [0.1, 0.15) is 48.8 Å². The number of nitrogens with one attached hydrogen (secondary N) is 2. The average molecular weight is 300 g/mol. The highest BCUT2D eigenvalue weighted by Gasteiger charge is 2.34. The molecule has 22 heavy (non-hydrogen) atoms. The predicted octanol–water partition coefficient (Wildman–Crippen LogP) is 2.88. The summed E-state index contributed by atoms with van der Waals surface area (Å²) < 4.78 is 0. The van der Waals surface area contributed by atoms with E-state index < -0.39 is 0 Å². The van der Waals surface area contributed by atoms with Gasteiger partial charge in [0.15, 0.2) is 0 Å². The van der Waals surface area contributed by atoms with Gasteiger partial charge in [0.2, 0.25) is 5.91 Å². The Balaban J connectivity index is 1.43. The van der Waals surface area contributed by atoms with Gasteiger partial charge in [-0.1, -0.05) is 18.2 Å². The lowest BCUT2D eigenvalue weighted by atomic mass is 9.89. The lowest BCUT2D eigenvalue weighted by Gasteiger charge is -2.28.